The molecule has 1 aliphatic heterocycles. The largest absolute Gasteiger partial charge is 0.329 e. The van der Waals surface area contributed by atoms with E-state index in [0.717, 1.165) is 34.2 Å². The highest BCUT2D eigenvalue weighted by molar-refractivity contribution is 7.99. The first kappa shape index (κ1) is 13.6. The molecule has 0 aromatic carbocycles. The van der Waals surface area contributed by atoms with Crippen LogP contribution in [0.15, 0.2) is 17.9 Å². The molecule has 1 atom stereocenters. The summed E-state index contributed by atoms with van der Waals surface area (Å²) in [4.78, 5) is 19.6. The van der Waals surface area contributed by atoms with Gasteiger partial charge in [0.25, 0.3) is 5.91 Å². The molecule has 0 bridgehead atoms. The minimum atomic E-state index is 0.0964. The van der Waals surface area contributed by atoms with Crippen molar-refractivity contribution in [2.24, 2.45) is 7.05 Å². The summed E-state index contributed by atoms with van der Waals surface area (Å²) in [5, 5.41) is 4.23. The van der Waals surface area contributed by atoms with Gasteiger partial charge in [0.15, 0.2) is 0 Å². The van der Waals surface area contributed by atoms with Crippen LogP contribution in [0.5, 0.6) is 0 Å². The Bertz CT molecular complexity index is 621. The first-order valence-corrected chi connectivity index (χ1v) is 8.47. The van der Waals surface area contributed by atoms with Gasteiger partial charge in [-0.2, -0.15) is 16.9 Å². The number of hydrogen-bond donors (Lipinski definition) is 0. The Morgan fingerprint density at radius 1 is 1.50 bits per heavy atom. The first-order valence-electron chi connectivity index (χ1n) is 6.44. The molecule has 0 spiro atoms. The number of nitrogens with zero attached hydrogens (tertiary/aromatic N) is 4. The first-order chi connectivity index (χ1) is 9.66. The lowest BCUT2D eigenvalue weighted by Crippen LogP contribution is -2.40. The monoisotopic (exact) mass is 308 g/mol. The van der Waals surface area contributed by atoms with Gasteiger partial charge in [0, 0.05) is 36.9 Å². The van der Waals surface area contributed by atoms with Gasteiger partial charge in [-0.25, -0.2) is 4.98 Å². The van der Waals surface area contributed by atoms with Gasteiger partial charge in [-0.15, -0.1) is 11.3 Å². The third kappa shape index (κ3) is 2.47. The molecule has 3 rings (SSSR count). The number of hydrogen-bond acceptors (Lipinski definition) is 5. The highest BCUT2D eigenvalue weighted by atomic mass is 32.2. The molecule has 106 valence electrons. The van der Waals surface area contributed by atoms with Gasteiger partial charge in [-0.1, -0.05) is 0 Å². The predicted octanol–water partition coefficient (Wildman–Crippen LogP) is 2.12. The van der Waals surface area contributed by atoms with E-state index in [4.69, 9.17) is 0 Å². The minimum absolute atomic E-state index is 0.0964. The van der Waals surface area contributed by atoms with E-state index in [2.05, 4.69) is 10.1 Å². The third-order valence-corrected chi connectivity index (χ3v) is 5.38. The molecule has 0 N–H and O–H groups in total. The Labute approximate surface area is 126 Å². The zero-order valence-electron chi connectivity index (χ0n) is 11.4. The molecule has 1 aliphatic rings. The second-order valence-corrected chi connectivity index (χ2v) is 6.81. The number of thiazole rings is 1. The summed E-state index contributed by atoms with van der Waals surface area (Å²) in [6.45, 7) is 2.67. The minimum Gasteiger partial charge on any atom is -0.329 e. The molecule has 0 aliphatic carbocycles. The van der Waals surface area contributed by atoms with Crippen LogP contribution in [-0.2, 0) is 7.05 Å². The topological polar surface area (TPSA) is 51.0 Å². The molecular formula is C13H16N4OS2. The molecule has 2 aromatic rings. The second-order valence-electron chi connectivity index (χ2n) is 4.80. The summed E-state index contributed by atoms with van der Waals surface area (Å²) >= 11 is 3.31. The third-order valence-electron chi connectivity index (χ3n) is 3.44. The van der Waals surface area contributed by atoms with E-state index in [-0.39, 0.29) is 11.9 Å². The van der Waals surface area contributed by atoms with E-state index in [1.807, 2.05) is 43.0 Å². The maximum absolute atomic E-state index is 12.7. The van der Waals surface area contributed by atoms with Crippen LogP contribution >= 0.6 is 23.1 Å². The van der Waals surface area contributed by atoms with Crippen LogP contribution in [0.4, 0.5) is 0 Å². The van der Waals surface area contributed by atoms with E-state index in [9.17, 15) is 4.79 Å². The number of aryl methyl sites for hydroxylation is 2. The lowest BCUT2D eigenvalue weighted by atomic mass is 10.1. The molecule has 0 saturated carbocycles. The van der Waals surface area contributed by atoms with Gasteiger partial charge in [0.1, 0.15) is 4.88 Å². The maximum atomic E-state index is 12.7. The van der Waals surface area contributed by atoms with Gasteiger partial charge in [-0.3, -0.25) is 9.48 Å². The lowest BCUT2D eigenvalue weighted by molar-refractivity contribution is 0.0705. The summed E-state index contributed by atoms with van der Waals surface area (Å²) in [6.07, 6.45) is 3.85. The molecule has 0 radical (unpaired) electrons. The normalized spacial score (nSPS) is 19.3. The lowest BCUT2D eigenvalue weighted by Gasteiger charge is -2.34. The van der Waals surface area contributed by atoms with Gasteiger partial charge in [0.05, 0.1) is 23.4 Å². The summed E-state index contributed by atoms with van der Waals surface area (Å²) in [5.41, 5.74) is 3.67. The summed E-state index contributed by atoms with van der Waals surface area (Å²) in [7, 11) is 1.90. The van der Waals surface area contributed by atoms with Gasteiger partial charge in [-0.05, 0) is 6.92 Å². The van der Waals surface area contributed by atoms with Crippen LogP contribution in [0.2, 0.25) is 0 Å². The van der Waals surface area contributed by atoms with Crippen LogP contribution in [0.3, 0.4) is 0 Å². The van der Waals surface area contributed by atoms with Gasteiger partial charge >= 0.3 is 0 Å². The fraction of sp³-hybridized carbons (Fsp3) is 0.462. The molecule has 3 heterocycles. The highest BCUT2D eigenvalue weighted by Gasteiger charge is 2.31. The predicted molar refractivity (Wildman–Crippen MR) is 81.2 cm³/mol. The van der Waals surface area contributed by atoms with E-state index in [0.29, 0.717) is 0 Å². The Morgan fingerprint density at radius 3 is 3.00 bits per heavy atom. The number of carbonyl (C=O) groups is 1. The van der Waals surface area contributed by atoms with Crippen molar-refractivity contribution in [2.45, 2.75) is 13.0 Å². The smallest absolute Gasteiger partial charge is 0.266 e. The number of amides is 1. The van der Waals surface area contributed by atoms with Crippen LogP contribution in [0.1, 0.15) is 27.0 Å². The molecule has 5 nitrogen and oxygen atoms in total. The van der Waals surface area contributed by atoms with Crippen molar-refractivity contribution < 1.29 is 4.79 Å². The van der Waals surface area contributed by atoms with Crippen LogP contribution in [0.25, 0.3) is 0 Å². The van der Waals surface area contributed by atoms with E-state index >= 15 is 0 Å². The van der Waals surface area contributed by atoms with Crippen molar-refractivity contribution in [1.29, 1.82) is 0 Å². The van der Waals surface area contributed by atoms with Crippen molar-refractivity contribution in [3.8, 4) is 0 Å². The molecule has 1 saturated heterocycles. The SMILES string of the molecule is Cc1ncsc1C(=O)N1CCSC[C@H]1c1cnn(C)c1. The van der Waals surface area contributed by atoms with Gasteiger partial charge < -0.3 is 4.90 Å². The Hall–Kier alpha value is -1.34. The zero-order chi connectivity index (χ0) is 14.1. The zero-order valence-corrected chi connectivity index (χ0v) is 13.1. The number of rotatable bonds is 2. The van der Waals surface area contributed by atoms with Gasteiger partial charge in [0.2, 0.25) is 0 Å². The summed E-state index contributed by atoms with van der Waals surface area (Å²) < 4.78 is 1.79. The molecule has 20 heavy (non-hydrogen) atoms. The van der Waals surface area contributed by atoms with Crippen molar-refractivity contribution >= 4 is 29.0 Å². The molecular weight excluding hydrogens is 292 g/mol. The molecule has 1 fully saturated rings. The Kier molecular flexibility index (Phi) is 3.80. The average Bonchev–Trinajstić information content (AvgIpc) is 3.07. The maximum Gasteiger partial charge on any atom is 0.266 e. The fourth-order valence-corrected chi connectivity index (χ4v) is 4.22. The van der Waals surface area contributed by atoms with E-state index < -0.39 is 0 Å². The fourth-order valence-electron chi connectivity index (χ4n) is 2.37. The van der Waals surface area contributed by atoms with Crippen LogP contribution < -0.4 is 0 Å². The van der Waals surface area contributed by atoms with E-state index in [1.165, 1.54) is 11.3 Å². The quantitative estimate of drug-likeness (QED) is 0.853. The molecule has 1 amide bonds. The van der Waals surface area contributed by atoms with E-state index in [1.54, 1.807) is 10.2 Å². The Balaban J connectivity index is 1.89. The molecule has 7 heteroatoms. The second kappa shape index (κ2) is 5.57. The molecule has 0 unspecified atom stereocenters. The van der Waals surface area contributed by atoms with Crippen molar-refractivity contribution in [3.05, 3.63) is 34.0 Å². The van der Waals surface area contributed by atoms with Crippen LogP contribution in [0, 0.1) is 6.92 Å². The molecule has 2 aromatic heterocycles. The van der Waals surface area contributed by atoms with Crippen molar-refractivity contribution in [1.82, 2.24) is 19.7 Å². The average molecular weight is 308 g/mol. The Morgan fingerprint density at radius 2 is 2.35 bits per heavy atom. The summed E-state index contributed by atoms with van der Waals surface area (Å²) in [6, 6.07) is 0.108. The van der Waals surface area contributed by atoms with Crippen molar-refractivity contribution in [3.63, 3.8) is 0 Å². The number of aromatic nitrogens is 3. The van der Waals surface area contributed by atoms with Crippen molar-refractivity contribution in [2.75, 3.05) is 18.1 Å². The summed E-state index contributed by atoms with van der Waals surface area (Å²) in [5.74, 6) is 2.01. The number of carbonyl (C=O) groups excluding carboxylic acids is 1. The van der Waals surface area contributed by atoms with Crippen LogP contribution in [-0.4, -0.2) is 43.6 Å². The highest BCUT2D eigenvalue weighted by Crippen LogP contribution is 2.31. The standard InChI is InChI=1S/C13H16N4OS2/c1-9-12(20-8-14-9)13(18)17-3-4-19-7-11(17)10-5-15-16(2)6-10/h5-6,8,11H,3-4,7H2,1-2H3/t11-/m0/s1. The number of thioether (sulfide) groups is 1.